The molecule has 0 bridgehead atoms. The third-order valence-corrected chi connectivity index (χ3v) is 7.01. The van der Waals surface area contributed by atoms with Crippen LogP contribution < -0.4 is 10.1 Å². The smallest absolute Gasteiger partial charge is 0.251 e. The van der Waals surface area contributed by atoms with Crippen LogP contribution in [0.3, 0.4) is 0 Å². The molecule has 1 saturated heterocycles. The van der Waals surface area contributed by atoms with Gasteiger partial charge in [-0.15, -0.1) is 0 Å². The van der Waals surface area contributed by atoms with Gasteiger partial charge in [-0.25, -0.2) is 8.42 Å². The second-order valence-electron chi connectivity index (χ2n) is 6.68. The molecule has 1 N–H and O–H groups in total. The van der Waals surface area contributed by atoms with E-state index in [4.69, 9.17) is 16.3 Å². The van der Waals surface area contributed by atoms with Gasteiger partial charge in [0, 0.05) is 49.9 Å². The molecule has 0 unspecified atom stereocenters. The Kier molecular flexibility index (Phi) is 7.13. The first-order chi connectivity index (χ1) is 13.9. The molecule has 2 aromatic rings. The summed E-state index contributed by atoms with van der Waals surface area (Å²) in [5.41, 5.74) is 0.560. The first-order valence-electron chi connectivity index (χ1n) is 9.30. The van der Waals surface area contributed by atoms with Gasteiger partial charge in [0.25, 0.3) is 5.91 Å². The quantitative estimate of drug-likeness (QED) is 0.717. The number of piperazine rings is 1. The van der Waals surface area contributed by atoms with Crippen molar-refractivity contribution in [2.75, 3.05) is 46.4 Å². The molecule has 29 heavy (non-hydrogen) atoms. The van der Waals surface area contributed by atoms with Crippen molar-refractivity contribution in [1.82, 2.24) is 14.5 Å². The molecule has 3 rings (SSSR count). The molecule has 1 fully saturated rings. The van der Waals surface area contributed by atoms with Crippen LogP contribution in [0.5, 0.6) is 5.75 Å². The number of amides is 1. The van der Waals surface area contributed by atoms with Crippen molar-refractivity contribution < 1.29 is 17.9 Å². The van der Waals surface area contributed by atoms with Crippen LogP contribution in [0.25, 0.3) is 0 Å². The first kappa shape index (κ1) is 21.6. The van der Waals surface area contributed by atoms with Crippen LogP contribution in [-0.4, -0.2) is 69.9 Å². The van der Waals surface area contributed by atoms with E-state index in [0.717, 1.165) is 0 Å². The lowest BCUT2D eigenvalue weighted by Gasteiger charge is -2.34. The van der Waals surface area contributed by atoms with Gasteiger partial charge in [0.2, 0.25) is 10.0 Å². The van der Waals surface area contributed by atoms with Crippen LogP contribution >= 0.6 is 11.6 Å². The SMILES string of the molecule is COc1ccc(S(=O)(=O)N2CCN(CCNC(=O)c3ccc(Cl)cc3)CC2)cc1. The van der Waals surface area contributed by atoms with Crippen molar-refractivity contribution in [3.63, 3.8) is 0 Å². The average Bonchev–Trinajstić information content (AvgIpc) is 2.74. The van der Waals surface area contributed by atoms with E-state index in [1.807, 2.05) is 0 Å². The highest BCUT2D eigenvalue weighted by molar-refractivity contribution is 7.89. The summed E-state index contributed by atoms with van der Waals surface area (Å²) in [5.74, 6) is 0.469. The maximum Gasteiger partial charge on any atom is 0.251 e. The fourth-order valence-corrected chi connectivity index (χ4v) is 4.67. The minimum atomic E-state index is -3.51. The van der Waals surface area contributed by atoms with E-state index >= 15 is 0 Å². The minimum Gasteiger partial charge on any atom is -0.497 e. The number of sulfonamides is 1. The molecule has 7 nitrogen and oxygen atoms in total. The monoisotopic (exact) mass is 437 g/mol. The van der Waals surface area contributed by atoms with Gasteiger partial charge in [0.15, 0.2) is 0 Å². The second kappa shape index (κ2) is 9.58. The highest BCUT2D eigenvalue weighted by atomic mass is 35.5. The molecule has 0 atom stereocenters. The molecular formula is C20H24ClN3O4S. The summed E-state index contributed by atoms with van der Waals surface area (Å²) in [7, 11) is -1.97. The summed E-state index contributed by atoms with van der Waals surface area (Å²) >= 11 is 5.83. The Morgan fingerprint density at radius 3 is 2.24 bits per heavy atom. The van der Waals surface area contributed by atoms with Gasteiger partial charge in [-0.3, -0.25) is 9.69 Å². The number of benzene rings is 2. The Morgan fingerprint density at radius 1 is 1.03 bits per heavy atom. The number of rotatable bonds is 7. The molecule has 2 aromatic carbocycles. The molecule has 0 radical (unpaired) electrons. The lowest BCUT2D eigenvalue weighted by Crippen LogP contribution is -2.50. The predicted octanol–water partition coefficient (Wildman–Crippen LogP) is 2.08. The van der Waals surface area contributed by atoms with E-state index in [1.165, 1.54) is 4.31 Å². The molecule has 0 aromatic heterocycles. The Bertz CT molecular complexity index is 925. The largest absolute Gasteiger partial charge is 0.497 e. The van der Waals surface area contributed by atoms with E-state index in [1.54, 1.807) is 55.6 Å². The van der Waals surface area contributed by atoms with E-state index in [9.17, 15) is 13.2 Å². The number of carbonyl (C=O) groups excluding carboxylic acids is 1. The molecule has 0 spiro atoms. The molecule has 156 valence electrons. The number of methoxy groups -OCH3 is 1. The van der Waals surface area contributed by atoms with Crippen molar-refractivity contribution >= 4 is 27.5 Å². The summed E-state index contributed by atoms with van der Waals surface area (Å²) in [6.45, 7) is 3.22. The lowest BCUT2D eigenvalue weighted by molar-refractivity contribution is 0.0945. The molecular weight excluding hydrogens is 414 g/mol. The molecule has 9 heteroatoms. The zero-order chi connectivity index (χ0) is 20.9. The Hall–Kier alpha value is -2.13. The van der Waals surface area contributed by atoms with Crippen LogP contribution in [0.1, 0.15) is 10.4 Å². The topological polar surface area (TPSA) is 79.0 Å². The minimum absolute atomic E-state index is 0.151. The summed E-state index contributed by atoms with van der Waals surface area (Å²) in [6.07, 6.45) is 0. The normalized spacial score (nSPS) is 15.8. The molecule has 1 heterocycles. The molecule has 1 aliphatic rings. The maximum absolute atomic E-state index is 12.8. The number of halogens is 1. The molecule has 1 amide bonds. The zero-order valence-electron chi connectivity index (χ0n) is 16.2. The van der Waals surface area contributed by atoms with Crippen molar-refractivity contribution in [2.45, 2.75) is 4.90 Å². The predicted molar refractivity (Wildman–Crippen MR) is 112 cm³/mol. The third kappa shape index (κ3) is 5.48. The fraction of sp³-hybridized carbons (Fsp3) is 0.350. The van der Waals surface area contributed by atoms with Crippen molar-refractivity contribution in [3.8, 4) is 5.75 Å². The van der Waals surface area contributed by atoms with Gasteiger partial charge in [0.05, 0.1) is 12.0 Å². The summed E-state index contributed by atoms with van der Waals surface area (Å²) < 4.78 is 32.1. The van der Waals surface area contributed by atoms with Crippen LogP contribution in [0.15, 0.2) is 53.4 Å². The van der Waals surface area contributed by atoms with Crippen LogP contribution in [0.2, 0.25) is 5.02 Å². The average molecular weight is 438 g/mol. The highest BCUT2D eigenvalue weighted by Crippen LogP contribution is 2.20. The fourth-order valence-electron chi connectivity index (χ4n) is 3.12. The van der Waals surface area contributed by atoms with E-state index in [0.29, 0.717) is 55.6 Å². The lowest BCUT2D eigenvalue weighted by atomic mass is 10.2. The van der Waals surface area contributed by atoms with Crippen molar-refractivity contribution in [3.05, 3.63) is 59.1 Å². The maximum atomic E-state index is 12.8. The van der Waals surface area contributed by atoms with Crippen LogP contribution in [-0.2, 0) is 10.0 Å². The van der Waals surface area contributed by atoms with Gasteiger partial charge >= 0.3 is 0 Å². The third-order valence-electron chi connectivity index (χ3n) is 4.85. The Balaban J connectivity index is 1.46. The number of hydrogen-bond donors (Lipinski definition) is 1. The summed E-state index contributed by atoms with van der Waals surface area (Å²) in [4.78, 5) is 14.5. The number of nitrogens with one attached hydrogen (secondary N) is 1. The molecule has 0 saturated carbocycles. The van der Waals surface area contributed by atoms with Gasteiger partial charge in [0.1, 0.15) is 5.75 Å². The Labute approximate surface area is 176 Å². The molecule has 0 aliphatic carbocycles. The first-order valence-corrected chi connectivity index (χ1v) is 11.1. The standard InChI is InChI=1S/C20H24ClN3O4S/c1-28-18-6-8-19(9-7-18)29(26,27)24-14-12-23(13-15-24)11-10-22-20(25)16-2-4-17(21)5-3-16/h2-9H,10-15H2,1H3,(H,22,25). The van der Waals surface area contributed by atoms with Gasteiger partial charge in [-0.2, -0.15) is 4.31 Å². The summed E-state index contributed by atoms with van der Waals surface area (Å²) in [6, 6.07) is 13.1. The van der Waals surface area contributed by atoms with Gasteiger partial charge in [-0.05, 0) is 48.5 Å². The van der Waals surface area contributed by atoms with Crippen LogP contribution in [0, 0.1) is 0 Å². The second-order valence-corrected chi connectivity index (χ2v) is 9.06. The summed E-state index contributed by atoms with van der Waals surface area (Å²) in [5, 5.41) is 3.46. The van der Waals surface area contributed by atoms with E-state index in [-0.39, 0.29) is 10.8 Å². The number of nitrogens with zero attached hydrogens (tertiary/aromatic N) is 2. The van der Waals surface area contributed by atoms with Crippen molar-refractivity contribution in [2.24, 2.45) is 0 Å². The highest BCUT2D eigenvalue weighted by Gasteiger charge is 2.28. The number of carbonyl (C=O) groups is 1. The van der Waals surface area contributed by atoms with Gasteiger partial charge in [-0.1, -0.05) is 11.6 Å². The zero-order valence-corrected chi connectivity index (χ0v) is 17.7. The number of hydrogen-bond acceptors (Lipinski definition) is 5. The van der Waals surface area contributed by atoms with Gasteiger partial charge < -0.3 is 10.1 Å². The van der Waals surface area contributed by atoms with Crippen LogP contribution in [0.4, 0.5) is 0 Å². The molecule has 1 aliphatic heterocycles. The van der Waals surface area contributed by atoms with Crippen molar-refractivity contribution in [1.29, 1.82) is 0 Å². The van der Waals surface area contributed by atoms with E-state index in [2.05, 4.69) is 10.2 Å². The Morgan fingerprint density at radius 2 is 1.66 bits per heavy atom. The number of ether oxygens (including phenoxy) is 1. The van der Waals surface area contributed by atoms with E-state index < -0.39 is 10.0 Å².